The number of aliphatic carboxylic acids is 1. The summed E-state index contributed by atoms with van der Waals surface area (Å²) in [5, 5.41) is 8.35. The molecule has 3 nitrogen and oxygen atoms in total. The number of hydrogen-bond acceptors (Lipinski definition) is 3. The normalized spacial score (nSPS) is 13.0. The lowest BCUT2D eigenvalue weighted by molar-refractivity contribution is -0.148. The third kappa shape index (κ3) is 4.64. The number of carboxylic acid groups (broad SMARTS) is 1. The highest BCUT2D eigenvalue weighted by atomic mass is 32.2. The van der Waals surface area contributed by atoms with E-state index in [1.807, 2.05) is 6.26 Å². The molecule has 0 aromatic heterocycles. The molecule has 0 fully saturated rings. The predicted molar refractivity (Wildman–Crippen MR) is 41.4 cm³/mol. The molecule has 0 saturated heterocycles. The third-order valence-corrected chi connectivity index (χ3v) is 1.58. The van der Waals surface area contributed by atoms with Gasteiger partial charge in [-0.1, -0.05) is 0 Å². The molecule has 0 heterocycles. The van der Waals surface area contributed by atoms with E-state index in [0.717, 1.165) is 5.75 Å². The molecule has 0 bridgehead atoms. The molecule has 0 aliphatic carbocycles. The fraction of sp³-hybridized carbons (Fsp3) is 0.833. The second-order valence-corrected chi connectivity index (χ2v) is 2.83. The molecule has 0 aliphatic rings. The Hall–Kier alpha value is -0.220. The van der Waals surface area contributed by atoms with Gasteiger partial charge in [-0.3, -0.25) is 0 Å². The van der Waals surface area contributed by atoms with Gasteiger partial charge in [-0.15, -0.1) is 0 Å². The van der Waals surface area contributed by atoms with Crippen LogP contribution in [0, 0.1) is 0 Å². The molecule has 1 atom stereocenters. The van der Waals surface area contributed by atoms with E-state index in [0.29, 0.717) is 6.61 Å². The number of thioether (sulfide) groups is 1. The van der Waals surface area contributed by atoms with E-state index in [9.17, 15) is 4.79 Å². The van der Waals surface area contributed by atoms with Crippen molar-refractivity contribution < 1.29 is 14.6 Å². The SMILES string of the molecule is CSCCO[C@H](C)C(=O)O. The zero-order valence-corrected chi connectivity index (χ0v) is 6.98. The van der Waals surface area contributed by atoms with Crippen LogP contribution in [0.4, 0.5) is 0 Å². The van der Waals surface area contributed by atoms with E-state index >= 15 is 0 Å². The summed E-state index contributed by atoms with van der Waals surface area (Å²) in [4.78, 5) is 10.2. The highest BCUT2D eigenvalue weighted by Crippen LogP contribution is 1.94. The minimum atomic E-state index is -0.902. The molecular formula is C6H12O3S. The molecule has 0 spiro atoms. The van der Waals surface area contributed by atoms with E-state index < -0.39 is 12.1 Å². The largest absolute Gasteiger partial charge is 0.479 e. The van der Waals surface area contributed by atoms with Crippen LogP contribution in [0.5, 0.6) is 0 Å². The van der Waals surface area contributed by atoms with Gasteiger partial charge in [0.1, 0.15) is 0 Å². The molecule has 0 unspecified atom stereocenters. The fourth-order valence-electron chi connectivity index (χ4n) is 0.380. The fourth-order valence-corrected chi connectivity index (χ4v) is 0.642. The number of ether oxygens (including phenoxy) is 1. The molecular weight excluding hydrogens is 152 g/mol. The molecule has 0 aliphatic heterocycles. The smallest absolute Gasteiger partial charge is 0.332 e. The first-order valence-electron chi connectivity index (χ1n) is 3.02. The van der Waals surface area contributed by atoms with Crippen LogP contribution in [-0.4, -0.2) is 35.8 Å². The van der Waals surface area contributed by atoms with Crippen molar-refractivity contribution in [2.45, 2.75) is 13.0 Å². The van der Waals surface area contributed by atoms with Gasteiger partial charge in [-0.2, -0.15) is 11.8 Å². The average Bonchev–Trinajstić information content (AvgIpc) is 1.88. The Morgan fingerprint density at radius 1 is 1.80 bits per heavy atom. The number of carbonyl (C=O) groups is 1. The predicted octanol–water partition coefficient (Wildman–Crippen LogP) is 0.839. The van der Waals surface area contributed by atoms with E-state index in [4.69, 9.17) is 9.84 Å². The first-order chi connectivity index (χ1) is 4.68. The summed E-state index contributed by atoms with van der Waals surface area (Å²) < 4.78 is 4.92. The van der Waals surface area contributed by atoms with Crippen molar-refractivity contribution in [2.75, 3.05) is 18.6 Å². The van der Waals surface area contributed by atoms with Gasteiger partial charge < -0.3 is 9.84 Å². The molecule has 0 aromatic carbocycles. The van der Waals surface area contributed by atoms with Crippen LogP contribution >= 0.6 is 11.8 Å². The summed E-state index contributed by atoms with van der Waals surface area (Å²) in [6.45, 7) is 2.04. The van der Waals surface area contributed by atoms with Crippen molar-refractivity contribution in [3.8, 4) is 0 Å². The second-order valence-electron chi connectivity index (χ2n) is 1.84. The van der Waals surface area contributed by atoms with Crippen molar-refractivity contribution in [1.82, 2.24) is 0 Å². The number of carboxylic acids is 1. The Morgan fingerprint density at radius 2 is 2.40 bits per heavy atom. The topological polar surface area (TPSA) is 46.5 Å². The zero-order valence-electron chi connectivity index (χ0n) is 6.16. The molecule has 0 amide bonds. The summed E-state index contributed by atoms with van der Waals surface area (Å²) in [5.74, 6) is -0.0569. The monoisotopic (exact) mass is 164 g/mol. The second kappa shape index (κ2) is 5.56. The summed E-state index contributed by atoms with van der Waals surface area (Å²) in [6, 6.07) is 0. The van der Waals surface area contributed by atoms with E-state index in [2.05, 4.69) is 0 Å². The van der Waals surface area contributed by atoms with Gasteiger partial charge in [-0.25, -0.2) is 4.79 Å². The maximum absolute atomic E-state index is 10.2. The van der Waals surface area contributed by atoms with Crippen LogP contribution in [0.15, 0.2) is 0 Å². The molecule has 1 N–H and O–H groups in total. The molecule has 10 heavy (non-hydrogen) atoms. The van der Waals surface area contributed by atoms with Gasteiger partial charge in [0.2, 0.25) is 0 Å². The average molecular weight is 164 g/mol. The van der Waals surface area contributed by atoms with Crippen LogP contribution in [0.25, 0.3) is 0 Å². The molecule has 0 aromatic rings. The van der Waals surface area contributed by atoms with Gasteiger partial charge in [0.15, 0.2) is 6.10 Å². The molecule has 4 heteroatoms. The summed E-state index contributed by atoms with van der Waals surface area (Å²) in [6.07, 6.45) is 1.28. The van der Waals surface area contributed by atoms with Crippen LogP contribution in [0.2, 0.25) is 0 Å². The minimum Gasteiger partial charge on any atom is -0.479 e. The Balaban J connectivity index is 3.21. The van der Waals surface area contributed by atoms with Crippen molar-refractivity contribution in [1.29, 1.82) is 0 Å². The Bertz CT molecular complexity index is 105. The van der Waals surface area contributed by atoms with Gasteiger partial charge in [0, 0.05) is 5.75 Å². The first kappa shape index (κ1) is 9.78. The summed E-state index contributed by atoms with van der Waals surface area (Å²) >= 11 is 1.64. The lowest BCUT2D eigenvalue weighted by Crippen LogP contribution is -2.20. The maximum Gasteiger partial charge on any atom is 0.332 e. The summed E-state index contributed by atoms with van der Waals surface area (Å²) in [5.41, 5.74) is 0. The highest BCUT2D eigenvalue weighted by Gasteiger charge is 2.09. The van der Waals surface area contributed by atoms with Crippen LogP contribution in [0.3, 0.4) is 0 Å². The van der Waals surface area contributed by atoms with Crippen LogP contribution in [-0.2, 0) is 9.53 Å². The van der Waals surface area contributed by atoms with Gasteiger partial charge in [0.25, 0.3) is 0 Å². The lowest BCUT2D eigenvalue weighted by Gasteiger charge is -2.05. The third-order valence-electron chi connectivity index (χ3n) is 1.00. The van der Waals surface area contributed by atoms with Gasteiger partial charge in [-0.05, 0) is 13.2 Å². The van der Waals surface area contributed by atoms with Crippen molar-refractivity contribution in [3.05, 3.63) is 0 Å². The Morgan fingerprint density at radius 3 is 2.80 bits per heavy atom. The van der Waals surface area contributed by atoms with Gasteiger partial charge in [0.05, 0.1) is 6.61 Å². The molecule has 60 valence electrons. The Kier molecular flexibility index (Phi) is 5.43. The van der Waals surface area contributed by atoms with Gasteiger partial charge >= 0.3 is 5.97 Å². The van der Waals surface area contributed by atoms with E-state index in [1.54, 1.807) is 11.8 Å². The highest BCUT2D eigenvalue weighted by molar-refractivity contribution is 7.98. The van der Waals surface area contributed by atoms with E-state index in [-0.39, 0.29) is 0 Å². The molecule has 0 rings (SSSR count). The minimum absolute atomic E-state index is 0.509. The van der Waals surface area contributed by atoms with Crippen molar-refractivity contribution in [2.24, 2.45) is 0 Å². The maximum atomic E-state index is 10.2. The molecule has 0 radical (unpaired) electrons. The summed E-state index contributed by atoms with van der Waals surface area (Å²) in [7, 11) is 0. The molecule has 0 saturated carbocycles. The quantitative estimate of drug-likeness (QED) is 0.612. The zero-order chi connectivity index (χ0) is 7.98. The van der Waals surface area contributed by atoms with E-state index in [1.165, 1.54) is 6.92 Å². The van der Waals surface area contributed by atoms with Crippen molar-refractivity contribution in [3.63, 3.8) is 0 Å². The standard InChI is InChI=1S/C6H12O3S/c1-5(6(7)8)9-3-4-10-2/h5H,3-4H2,1-2H3,(H,7,8)/t5-/m1/s1. The number of rotatable bonds is 5. The Labute approximate surface area is 64.8 Å². The first-order valence-corrected chi connectivity index (χ1v) is 4.41. The van der Waals surface area contributed by atoms with Crippen LogP contribution < -0.4 is 0 Å². The number of hydrogen-bond donors (Lipinski definition) is 1. The van der Waals surface area contributed by atoms with Crippen LogP contribution in [0.1, 0.15) is 6.92 Å². The lowest BCUT2D eigenvalue weighted by atomic mass is 10.4. The van der Waals surface area contributed by atoms with Crippen molar-refractivity contribution >= 4 is 17.7 Å².